The van der Waals surface area contributed by atoms with Crippen LogP contribution < -0.4 is 34.3 Å². The van der Waals surface area contributed by atoms with Crippen molar-refractivity contribution in [2.45, 2.75) is 26.7 Å². The topological polar surface area (TPSA) is 441 Å². The van der Waals surface area contributed by atoms with Crippen LogP contribution >= 0.6 is 54.8 Å². The van der Waals surface area contributed by atoms with Crippen molar-refractivity contribution in [3.8, 4) is 0 Å². The molecule has 0 heterocycles. The first-order chi connectivity index (χ1) is 25.7. The normalized spacial score (nSPS) is 21.0. The van der Waals surface area contributed by atoms with Crippen molar-refractivity contribution in [2.75, 3.05) is 92.5 Å². The van der Waals surface area contributed by atoms with Gasteiger partial charge in [-0.15, -0.1) is 0 Å². The number of aliphatic hydroxyl groups excluding tert-OH is 1. The van der Waals surface area contributed by atoms with Crippen LogP contribution in [-0.4, -0.2) is 102 Å². The largest absolute Gasteiger partial charge is 0.756 e. The molecule has 0 saturated heterocycles. The van der Waals surface area contributed by atoms with E-state index in [-0.39, 0.29) is 19.6 Å². The van der Waals surface area contributed by atoms with Gasteiger partial charge in [-0.3, -0.25) is 32.0 Å². The van der Waals surface area contributed by atoms with E-state index in [1.807, 2.05) is 0 Å². The molecule has 29 nitrogen and oxygen atoms in total. The van der Waals surface area contributed by atoms with Crippen LogP contribution in [0, 0.1) is 11.8 Å². The summed E-state index contributed by atoms with van der Waals surface area (Å²) in [6.07, 6.45) is 0.585. The molecule has 0 aromatic heterocycles. The first-order valence-corrected chi connectivity index (χ1v) is 25.8. The van der Waals surface area contributed by atoms with E-state index in [9.17, 15) is 66.2 Å². The van der Waals surface area contributed by atoms with Gasteiger partial charge in [-0.05, 0) is 12.8 Å². The quantitative estimate of drug-likeness (QED) is 0.0481. The van der Waals surface area contributed by atoms with Crippen molar-refractivity contribution < 1.29 is 135 Å². The second-order valence-corrected chi connectivity index (χ2v) is 19.8. The molecule has 36 heteroatoms. The van der Waals surface area contributed by atoms with Crippen molar-refractivity contribution in [3.63, 3.8) is 0 Å². The van der Waals surface area contributed by atoms with E-state index in [2.05, 4.69) is 58.8 Å². The van der Waals surface area contributed by atoms with E-state index in [4.69, 9.17) is 10.00 Å². The predicted molar refractivity (Wildman–Crippen MR) is 167 cm³/mol. The molecule has 2 N–H and O–H groups in total. The van der Waals surface area contributed by atoms with Gasteiger partial charge in [0.1, 0.15) is 0 Å². The van der Waals surface area contributed by atoms with Gasteiger partial charge in [0.05, 0.1) is 85.9 Å². The molecule has 0 aromatic carbocycles. The summed E-state index contributed by atoms with van der Waals surface area (Å²) in [5.74, 6) is -1.27. The molecule has 0 bridgehead atoms. The number of phosphoric ester groups is 7. The van der Waals surface area contributed by atoms with E-state index in [0.717, 1.165) is 0 Å². The fraction of sp³-hybridized carbons (Fsp3) is 1.00. The van der Waals surface area contributed by atoms with Gasteiger partial charge in [0.25, 0.3) is 54.8 Å². The third kappa shape index (κ3) is 32.5. The van der Waals surface area contributed by atoms with Crippen molar-refractivity contribution in [1.29, 1.82) is 0 Å². The average Bonchev–Trinajstić information content (AvgIpc) is 3.08. The number of hydrogen-bond donors (Lipinski definition) is 2. The summed E-state index contributed by atoms with van der Waals surface area (Å²) in [5.41, 5.74) is 0. The lowest BCUT2D eigenvalue weighted by molar-refractivity contribution is -0.238. The molecular formula is C20H42O29P7-7. The lowest BCUT2D eigenvalue weighted by Gasteiger charge is -2.27. The number of phosphoric acid groups is 7. The fourth-order valence-corrected chi connectivity index (χ4v) is 7.51. The second kappa shape index (κ2) is 27.6. The summed E-state index contributed by atoms with van der Waals surface area (Å²) in [6.45, 7) is -7.94. The zero-order valence-electron chi connectivity index (χ0n) is 29.5. The molecule has 0 amide bonds. The molecule has 9 atom stereocenters. The summed E-state index contributed by atoms with van der Waals surface area (Å²) < 4.78 is 137. The van der Waals surface area contributed by atoms with Crippen LogP contribution in [0.1, 0.15) is 26.7 Å². The Kier molecular flexibility index (Phi) is 28.0. The van der Waals surface area contributed by atoms with E-state index in [1.165, 1.54) is 6.92 Å². The van der Waals surface area contributed by atoms with E-state index < -0.39 is 146 Å². The van der Waals surface area contributed by atoms with Crippen LogP contribution in [0.2, 0.25) is 0 Å². The van der Waals surface area contributed by atoms with Crippen LogP contribution in [0.15, 0.2) is 0 Å². The number of rotatable bonds is 37. The summed E-state index contributed by atoms with van der Waals surface area (Å²) >= 11 is 0. The fourth-order valence-electron chi connectivity index (χ4n) is 2.89. The monoisotopic (exact) mass is 963 g/mol. The highest BCUT2D eigenvalue weighted by Crippen LogP contribution is 2.44. The molecular weight excluding hydrogens is 921 g/mol. The number of hydrogen-bond acceptors (Lipinski definition) is 28. The minimum absolute atomic E-state index is 0.174. The zero-order chi connectivity index (χ0) is 43.2. The average molecular weight is 963 g/mol. The molecule has 9 unspecified atom stereocenters. The summed E-state index contributed by atoms with van der Waals surface area (Å²) in [6, 6.07) is 0. The lowest BCUT2D eigenvalue weighted by Crippen LogP contribution is -2.20. The lowest BCUT2D eigenvalue weighted by atomic mass is 10.1. The summed E-state index contributed by atoms with van der Waals surface area (Å²) in [7, 11) is -35.5. The summed E-state index contributed by atoms with van der Waals surface area (Å²) in [5, 5.41) is 9.02. The highest BCUT2D eigenvalue weighted by Gasteiger charge is 2.19. The molecule has 0 rings (SSSR count). The third-order valence-corrected chi connectivity index (χ3v) is 12.1. The molecule has 0 aliphatic heterocycles. The van der Waals surface area contributed by atoms with Gasteiger partial charge in [-0.25, -0.2) is 0 Å². The molecule has 0 saturated carbocycles. The standard InChI is InChI=1S/C20H49O29P7/c1-3-19(15-21)16-48-55(33,34)45-13-11-43-53(29,30)41-9-7-39-51(25,26)37-5-6-38-52(27,28)40-8-10-42-54(31,32)44-12-14-46-56(35,36)49-18-20(4-2)17-47-50(22,23)24/h19-21H,3-18H2,1-2H3,(H,25,26)(H,27,28)(H,29,30)(H,31,32)(H,33,34)(H,35,36)(H2,22,23,24)/p-7. The van der Waals surface area contributed by atoms with Gasteiger partial charge in [-0.1, -0.05) is 13.8 Å². The molecule has 0 spiro atoms. The molecule has 0 radical (unpaired) electrons. The molecule has 0 aromatic rings. The van der Waals surface area contributed by atoms with Crippen molar-refractivity contribution in [2.24, 2.45) is 11.8 Å². The van der Waals surface area contributed by atoms with Crippen molar-refractivity contribution in [3.05, 3.63) is 0 Å². The Morgan fingerprint density at radius 1 is 0.375 bits per heavy atom. The maximum Gasteiger partial charge on any atom is 0.268 e. The molecule has 338 valence electrons. The highest BCUT2D eigenvalue weighted by molar-refractivity contribution is 7.47. The first kappa shape index (κ1) is 56.7. The Morgan fingerprint density at radius 2 is 0.571 bits per heavy atom. The Balaban J connectivity index is 4.23. The zero-order valence-corrected chi connectivity index (χ0v) is 35.8. The Labute approximate surface area is 320 Å². The molecule has 0 aliphatic carbocycles. The van der Waals surface area contributed by atoms with Gasteiger partial charge >= 0.3 is 0 Å². The van der Waals surface area contributed by atoms with Crippen molar-refractivity contribution in [1.82, 2.24) is 0 Å². The predicted octanol–water partition coefficient (Wildman–Crippen LogP) is -2.48. The van der Waals surface area contributed by atoms with Crippen LogP contribution in [0.4, 0.5) is 0 Å². The van der Waals surface area contributed by atoms with Gasteiger partial charge in [0.2, 0.25) is 0 Å². The third-order valence-electron chi connectivity index (χ3n) is 5.73. The number of aliphatic hydroxyl groups is 1. The Hall–Kier alpha value is 0.730. The SMILES string of the molecule is CCC(CO)COP(=O)([O-])OCCOP(=O)([O-])OCCOP(=O)([O-])OCCOP(=O)([O-])OCCOP(=O)([O-])OCCOP(=O)([O-])OCC(CC)COP(=O)([O-])O. The van der Waals surface area contributed by atoms with Crippen LogP contribution in [0.25, 0.3) is 0 Å². The van der Waals surface area contributed by atoms with Gasteiger partial charge in [0.15, 0.2) is 0 Å². The van der Waals surface area contributed by atoms with Crippen LogP contribution in [0.3, 0.4) is 0 Å². The van der Waals surface area contributed by atoms with Gasteiger partial charge in [-0.2, -0.15) is 0 Å². The van der Waals surface area contributed by atoms with E-state index in [0.29, 0.717) is 6.42 Å². The van der Waals surface area contributed by atoms with Crippen LogP contribution in [0.5, 0.6) is 0 Å². The van der Waals surface area contributed by atoms with Crippen molar-refractivity contribution >= 4 is 54.8 Å². The minimum Gasteiger partial charge on any atom is -0.756 e. The maximum absolute atomic E-state index is 11.8. The summed E-state index contributed by atoms with van der Waals surface area (Å²) in [4.78, 5) is 89.5. The van der Waals surface area contributed by atoms with Crippen LogP contribution in [-0.2, 0) is 90.8 Å². The van der Waals surface area contributed by atoms with Gasteiger partial charge in [0, 0.05) is 18.4 Å². The van der Waals surface area contributed by atoms with E-state index >= 15 is 0 Å². The molecule has 0 aliphatic rings. The second-order valence-electron chi connectivity index (χ2n) is 10.1. The minimum atomic E-state index is -5.19. The van der Waals surface area contributed by atoms with E-state index in [1.54, 1.807) is 6.92 Å². The smallest absolute Gasteiger partial charge is 0.268 e. The highest BCUT2D eigenvalue weighted by atomic mass is 31.2. The Morgan fingerprint density at radius 3 is 0.768 bits per heavy atom. The Bertz CT molecular complexity index is 1440. The first-order valence-electron chi connectivity index (χ1n) is 15.6. The maximum atomic E-state index is 11.8. The van der Waals surface area contributed by atoms with Gasteiger partial charge < -0.3 is 103 Å². The molecule has 0 fully saturated rings. The molecule has 56 heavy (non-hydrogen) atoms.